The Morgan fingerprint density at radius 3 is 2.23 bits per heavy atom. The minimum atomic E-state index is -4.43. The van der Waals surface area contributed by atoms with Crippen LogP contribution in [-0.2, 0) is 6.18 Å². The van der Waals surface area contributed by atoms with Gasteiger partial charge in [-0.3, -0.25) is 4.79 Å². The summed E-state index contributed by atoms with van der Waals surface area (Å²) in [5, 5.41) is 0. The second-order valence-electron chi connectivity index (χ2n) is 5.80. The third kappa shape index (κ3) is 3.79. The lowest BCUT2D eigenvalue weighted by molar-refractivity contribution is -0.137. The molecule has 1 heterocycles. The van der Waals surface area contributed by atoms with Crippen LogP contribution < -0.4 is 10.2 Å². The summed E-state index contributed by atoms with van der Waals surface area (Å²) in [6.07, 6.45) is -4.43. The van der Waals surface area contributed by atoms with Crippen molar-refractivity contribution in [2.75, 3.05) is 0 Å². The van der Waals surface area contributed by atoms with E-state index >= 15 is 0 Å². The lowest BCUT2D eigenvalue weighted by Crippen LogP contribution is -2.06. The van der Waals surface area contributed by atoms with Gasteiger partial charge in [-0.1, -0.05) is 18.2 Å². The molecule has 3 rings (SSSR count). The first kappa shape index (κ1) is 17.8. The molecule has 0 N–H and O–H groups in total. The predicted octanol–water partition coefficient (Wildman–Crippen LogP) is 5.73. The van der Waals surface area contributed by atoms with E-state index in [0.29, 0.717) is 28.4 Å². The second kappa shape index (κ2) is 6.71. The molecular formula is C20H15F3O3. The minimum absolute atomic E-state index is 0.0820. The van der Waals surface area contributed by atoms with E-state index in [2.05, 4.69) is 0 Å². The Bertz CT molecular complexity index is 986. The van der Waals surface area contributed by atoms with Gasteiger partial charge >= 0.3 is 6.18 Å². The molecule has 0 fully saturated rings. The first-order chi connectivity index (χ1) is 12.2. The van der Waals surface area contributed by atoms with E-state index in [4.69, 9.17) is 9.15 Å². The van der Waals surface area contributed by atoms with Crippen LogP contribution in [0.2, 0.25) is 0 Å². The van der Waals surface area contributed by atoms with E-state index < -0.39 is 11.7 Å². The summed E-state index contributed by atoms with van der Waals surface area (Å²) in [6, 6.07) is 12.6. The summed E-state index contributed by atoms with van der Waals surface area (Å²) >= 11 is 0. The van der Waals surface area contributed by atoms with Gasteiger partial charge in [-0.05, 0) is 49.7 Å². The van der Waals surface area contributed by atoms with Crippen LogP contribution >= 0.6 is 0 Å². The standard InChI is InChI=1S/C20H15F3O3/c1-12-10-18(24)19(13(2)25-12)14-6-8-16(9-7-14)26-17-5-3-4-15(11-17)20(21,22)23/h3-11H,1-2H3. The quantitative estimate of drug-likeness (QED) is 0.598. The van der Waals surface area contributed by atoms with Crippen LogP contribution in [0.5, 0.6) is 11.5 Å². The van der Waals surface area contributed by atoms with Gasteiger partial charge in [0, 0.05) is 6.07 Å². The van der Waals surface area contributed by atoms with Crippen molar-refractivity contribution in [3.8, 4) is 22.6 Å². The van der Waals surface area contributed by atoms with Gasteiger partial charge in [0.05, 0.1) is 11.1 Å². The van der Waals surface area contributed by atoms with Crippen molar-refractivity contribution in [2.45, 2.75) is 20.0 Å². The number of aryl methyl sites for hydroxylation is 2. The number of rotatable bonds is 3. The highest BCUT2D eigenvalue weighted by Gasteiger charge is 2.30. The molecule has 0 atom stereocenters. The number of hydrogen-bond donors (Lipinski definition) is 0. The van der Waals surface area contributed by atoms with Crippen molar-refractivity contribution in [3.05, 3.63) is 81.9 Å². The zero-order chi connectivity index (χ0) is 18.9. The van der Waals surface area contributed by atoms with E-state index in [-0.39, 0.29) is 11.2 Å². The topological polar surface area (TPSA) is 39.4 Å². The Labute approximate surface area is 147 Å². The lowest BCUT2D eigenvalue weighted by Gasteiger charge is -2.11. The van der Waals surface area contributed by atoms with Crippen LogP contribution in [0.15, 0.2) is 63.8 Å². The number of alkyl halides is 3. The SMILES string of the molecule is Cc1cc(=O)c(-c2ccc(Oc3cccc(C(F)(F)F)c3)cc2)c(C)o1. The molecule has 0 spiro atoms. The summed E-state index contributed by atoms with van der Waals surface area (Å²) in [6.45, 7) is 3.40. The Morgan fingerprint density at radius 2 is 1.62 bits per heavy atom. The maximum absolute atomic E-state index is 12.8. The van der Waals surface area contributed by atoms with Crippen molar-refractivity contribution in [2.24, 2.45) is 0 Å². The second-order valence-corrected chi connectivity index (χ2v) is 5.80. The average molecular weight is 360 g/mol. The summed E-state index contributed by atoms with van der Waals surface area (Å²) in [5.74, 6) is 1.48. The third-order valence-corrected chi connectivity index (χ3v) is 3.79. The van der Waals surface area contributed by atoms with Gasteiger partial charge in [0.2, 0.25) is 0 Å². The van der Waals surface area contributed by atoms with Crippen molar-refractivity contribution < 1.29 is 22.3 Å². The van der Waals surface area contributed by atoms with E-state index in [1.165, 1.54) is 18.2 Å². The minimum Gasteiger partial charge on any atom is -0.466 e. The zero-order valence-corrected chi connectivity index (χ0v) is 14.1. The molecule has 0 saturated heterocycles. The molecule has 0 unspecified atom stereocenters. The third-order valence-electron chi connectivity index (χ3n) is 3.79. The van der Waals surface area contributed by atoms with Gasteiger partial charge in [0.15, 0.2) is 5.43 Å². The first-order valence-electron chi connectivity index (χ1n) is 7.81. The van der Waals surface area contributed by atoms with Crippen molar-refractivity contribution in [1.82, 2.24) is 0 Å². The fourth-order valence-corrected chi connectivity index (χ4v) is 2.66. The molecule has 26 heavy (non-hydrogen) atoms. The Morgan fingerprint density at radius 1 is 0.923 bits per heavy atom. The van der Waals surface area contributed by atoms with E-state index in [1.807, 2.05) is 0 Å². The molecule has 0 aliphatic rings. The highest BCUT2D eigenvalue weighted by atomic mass is 19.4. The van der Waals surface area contributed by atoms with E-state index in [1.54, 1.807) is 38.1 Å². The van der Waals surface area contributed by atoms with Gasteiger partial charge in [0.1, 0.15) is 23.0 Å². The fourth-order valence-electron chi connectivity index (χ4n) is 2.66. The average Bonchev–Trinajstić information content (AvgIpc) is 2.55. The van der Waals surface area contributed by atoms with Crippen molar-refractivity contribution in [3.63, 3.8) is 0 Å². The maximum atomic E-state index is 12.8. The van der Waals surface area contributed by atoms with Gasteiger partial charge in [-0.15, -0.1) is 0 Å². The van der Waals surface area contributed by atoms with E-state index in [0.717, 1.165) is 12.1 Å². The largest absolute Gasteiger partial charge is 0.466 e. The molecule has 134 valence electrons. The van der Waals surface area contributed by atoms with Crippen molar-refractivity contribution >= 4 is 0 Å². The highest BCUT2D eigenvalue weighted by molar-refractivity contribution is 5.65. The van der Waals surface area contributed by atoms with Crippen molar-refractivity contribution in [1.29, 1.82) is 0 Å². The van der Waals surface area contributed by atoms with Crippen LogP contribution in [0.4, 0.5) is 13.2 Å². The predicted molar refractivity (Wildman–Crippen MR) is 91.4 cm³/mol. The van der Waals surface area contributed by atoms with Crippen LogP contribution in [0.25, 0.3) is 11.1 Å². The lowest BCUT2D eigenvalue weighted by atomic mass is 10.0. The molecule has 0 aliphatic heterocycles. The Kier molecular flexibility index (Phi) is 4.59. The summed E-state index contributed by atoms with van der Waals surface area (Å²) < 4.78 is 49.2. The normalized spacial score (nSPS) is 11.4. The van der Waals surface area contributed by atoms with E-state index in [9.17, 15) is 18.0 Å². The Balaban J connectivity index is 1.87. The number of halogens is 3. The molecule has 6 heteroatoms. The summed E-state index contributed by atoms with van der Waals surface area (Å²) in [4.78, 5) is 12.2. The smallest absolute Gasteiger partial charge is 0.416 e. The van der Waals surface area contributed by atoms with Gasteiger partial charge in [-0.2, -0.15) is 13.2 Å². The summed E-state index contributed by atoms with van der Waals surface area (Å²) in [7, 11) is 0. The van der Waals surface area contributed by atoms with Gasteiger partial charge in [-0.25, -0.2) is 0 Å². The molecule has 0 radical (unpaired) electrons. The van der Waals surface area contributed by atoms with Crippen LogP contribution in [0.1, 0.15) is 17.1 Å². The number of hydrogen-bond acceptors (Lipinski definition) is 3. The molecule has 0 amide bonds. The summed E-state index contributed by atoms with van der Waals surface area (Å²) in [5.41, 5.74) is 0.158. The fraction of sp³-hybridized carbons (Fsp3) is 0.150. The molecule has 1 aromatic heterocycles. The van der Waals surface area contributed by atoms with Gasteiger partial charge in [0.25, 0.3) is 0 Å². The van der Waals surface area contributed by atoms with Crippen LogP contribution in [0, 0.1) is 13.8 Å². The van der Waals surface area contributed by atoms with Gasteiger partial charge < -0.3 is 9.15 Å². The monoisotopic (exact) mass is 360 g/mol. The van der Waals surface area contributed by atoms with Crippen LogP contribution in [-0.4, -0.2) is 0 Å². The number of ether oxygens (including phenoxy) is 1. The molecule has 3 aromatic rings. The molecule has 0 aliphatic carbocycles. The molecule has 0 bridgehead atoms. The highest BCUT2D eigenvalue weighted by Crippen LogP contribution is 2.33. The molecule has 0 saturated carbocycles. The number of benzene rings is 2. The maximum Gasteiger partial charge on any atom is 0.416 e. The molecule has 2 aromatic carbocycles. The first-order valence-corrected chi connectivity index (χ1v) is 7.81. The molecule has 3 nitrogen and oxygen atoms in total. The molecular weight excluding hydrogens is 345 g/mol. The van der Waals surface area contributed by atoms with Crippen LogP contribution in [0.3, 0.4) is 0 Å². The zero-order valence-electron chi connectivity index (χ0n) is 14.1. The Hall–Kier alpha value is -3.02.